The van der Waals surface area contributed by atoms with Gasteiger partial charge in [-0.25, -0.2) is 0 Å². The molecule has 1 nitrogen and oxygen atoms in total. The third-order valence-corrected chi connectivity index (χ3v) is 6.96. The van der Waals surface area contributed by atoms with Crippen LogP contribution in [0.15, 0.2) is 0 Å². The predicted molar refractivity (Wildman–Crippen MR) is 82.3 cm³/mol. The van der Waals surface area contributed by atoms with Gasteiger partial charge < -0.3 is 4.74 Å². The van der Waals surface area contributed by atoms with E-state index in [4.69, 9.17) is 4.74 Å². The lowest BCUT2D eigenvalue weighted by atomic mass is 9.45. The summed E-state index contributed by atoms with van der Waals surface area (Å²) in [6.07, 6.45) is 9.55. The van der Waals surface area contributed by atoms with Gasteiger partial charge >= 0.3 is 0 Å². The van der Waals surface area contributed by atoms with Crippen molar-refractivity contribution < 1.29 is 4.74 Å². The van der Waals surface area contributed by atoms with E-state index in [1.807, 2.05) is 0 Å². The van der Waals surface area contributed by atoms with E-state index in [0.29, 0.717) is 10.8 Å². The van der Waals surface area contributed by atoms with Crippen LogP contribution in [0.4, 0.5) is 0 Å². The second kappa shape index (κ2) is 4.76. The fraction of sp³-hybridized carbons (Fsp3) is 1.00. The fourth-order valence-electron chi connectivity index (χ4n) is 6.14. The van der Waals surface area contributed by atoms with Gasteiger partial charge in [-0.05, 0) is 61.2 Å². The van der Waals surface area contributed by atoms with Crippen molar-refractivity contribution in [1.82, 2.24) is 0 Å². The van der Waals surface area contributed by atoms with Crippen LogP contribution in [0.3, 0.4) is 0 Å². The molecule has 0 aromatic heterocycles. The SMILES string of the molecule is C.CC[C@@]12CC[C@H]3C(C)(C)CCCC3(C)[C@@H]1CCO2. The molecule has 0 N–H and O–H groups in total. The van der Waals surface area contributed by atoms with Crippen molar-refractivity contribution in [3.63, 3.8) is 0 Å². The Bertz CT molecular complexity index is 335. The molecule has 0 radical (unpaired) electrons. The van der Waals surface area contributed by atoms with E-state index < -0.39 is 0 Å². The van der Waals surface area contributed by atoms with E-state index in [-0.39, 0.29) is 13.0 Å². The number of hydrogen-bond donors (Lipinski definition) is 0. The molecule has 4 atom stereocenters. The minimum Gasteiger partial charge on any atom is -0.375 e. The summed E-state index contributed by atoms with van der Waals surface area (Å²) in [5.41, 5.74) is 1.35. The van der Waals surface area contributed by atoms with Gasteiger partial charge in [0.2, 0.25) is 0 Å². The van der Waals surface area contributed by atoms with Crippen LogP contribution in [0.25, 0.3) is 0 Å². The van der Waals surface area contributed by atoms with Crippen molar-refractivity contribution in [3.05, 3.63) is 0 Å². The molecule has 3 rings (SSSR count). The highest BCUT2D eigenvalue weighted by atomic mass is 16.5. The molecule has 3 aliphatic rings. The Kier molecular flexibility index (Phi) is 3.84. The Morgan fingerprint density at radius 3 is 2.42 bits per heavy atom. The Labute approximate surface area is 120 Å². The lowest BCUT2D eigenvalue weighted by molar-refractivity contribution is -0.156. The Balaban J connectivity index is 0.00000133. The molecule has 1 saturated heterocycles. The smallest absolute Gasteiger partial charge is 0.0714 e. The molecule has 0 aromatic rings. The highest BCUT2D eigenvalue weighted by Gasteiger charge is 2.61. The lowest BCUT2D eigenvalue weighted by Crippen LogP contribution is -2.56. The molecule has 3 fully saturated rings. The van der Waals surface area contributed by atoms with Crippen LogP contribution in [0.5, 0.6) is 0 Å². The first-order chi connectivity index (χ1) is 8.45. The van der Waals surface area contributed by atoms with E-state index >= 15 is 0 Å². The average molecular weight is 266 g/mol. The van der Waals surface area contributed by atoms with Crippen molar-refractivity contribution >= 4 is 0 Å². The van der Waals surface area contributed by atoms with Crippen molar-refractivity contribution in [1.29, 1.82) is 0 Å². The Hall–Kier alpha value is -0.0400. The van der Waals surface area contributed by atoms with Crippen LogP contribution < -0.4 is 0 Å². The monoisotopic (exact) mass is 266 g/mol. The summed E-state index contributed by atoms with van der Waals surface area (Å²) in [6, 6.07) is 0. The van der Waals surface area contributed by atoms with Crippen LogP contribution in [-0.2, 0) is 4.74 Å². The highest BCUT2D eigenvalue weighted by molar-refractivity contribution is 5.10. The zero-order valence-electron chi connectivity index (χ0n) is 12.7. The van der Waals surface area contributed by atoms with Gasteiger partial charge in [0, 0.05) is 6.61 Å². The Morgan fingerprint density at radius 1 is 1.00 bits per heavy atom. The van der Waals surface area contributed by atoms with Crippen molar-refractivity contribution in [2.24, 2.45) is 22.7 Å². The highest BCUT2D eigenvalue weighted by Crippen LogP contribution is 2.65. The minimum atomic E-state index is 0. The summed E-state index contributed by atoms with van der Waals surface area (Å²) >= 11 is 0. The van der Waals surface area contributed by atoms with Gasteiger partial charge in [0.1, 0.15) is 0 Å². The van der Waals surface area contributed by atoms with Crippen LogP contribution in [0.2, 0.25) is 0 Å². The van der Waals surface area contributed by atoms with Gasteiger partial charge in [-0.1, -0.05) is 41.5 Å². The minimum absolute atomic E-state index is 0. The number of rotatable bonds is 1. The molecule has 1 heterocycles. The van der Waals surface area contributed by atoms with Gasteiger partial charge in [0.25, 0.3) is 0 Å². The predicted octanol–water partition coefficient (Wildman–Crippen LogP) is 5.43. The second-order valence-corrected chi connectivity index (χ2v) is 8.05. The third-order valence-electron chi connectivity index (χ3n) is 6.96. The molecule has 0 aromatic carbocycles. The number of fused-ring (bicyclic) bond motifs is 3. The second-order valence-electron chi connectivity index (χ2n) is 8.05. The summed E-state index contributed by atoms with van der Waals surface area (Å²) in [5.74, 6) is 1.75. The molecule has 0 spiro atoms. The molecule has 0 amide bonds. The zero-order valence-corrected chi connectivity index (χ0v) is 12.7. The molecule has 1 aliphatic heterocycles. The first-order valence-electron chi connectivity index (χ1n) is 8.09. The molecule has 0 bridgehead atoms. The van der Waals surface area contributed by atoms with Gasteiger partial charge in [0.15, 0.2) is 0 Å². The topological polar surface area (TPSA) is 9.23 Å². The maximum Gasteiger partial charge on any atom is 0.0714 e. The van der Waals surface area contributed by atoms with E-state index in [0.717, 1.165) is 18.4 Å². The average Bonchev–Trinajstić information content (AvgIpc) is 2.73. The first-order valence-corrected chi connectivity index (χ1v) is 8.09. The largest absolute Gasteiger partial charge is 0.375 e. The number of hydrogen-bond acceptors (Lipinski definition) is 1. The van der Waals surface area contributed by atoms with Crippen molar-refractivity contribution in [2.75, 3.05) is 6.61 Å². The molecule has 19 heavy (non-hydrogen) atoms. The normalized spacial score (nSPS) is 48.0. The molecule has 2 saturated carbocycles. The van der Waals surface area contributed by atoms with E-state index in [9.17, 15) is 0 Å². The summed E-state index contributed by atoms with van der Waals surface area (Å²) in [7, 11) is 0. The van der Waals surface area contributed by atoms with Crippen LogP contribution in [0, 0.1) is 22.7 Å². The Morgan fingerprint density at radius 2 is 1.74 bits per heavy atom. The van der Waals surface area contributed by atoms with Crippen LogP contribution in [-0.4, -0.2) is 12.2 Å². The standard InChI is InChI=1S/C17H30O.CH4/c1-5-17-11-7-13-15(2,3)9-6-10-16(13,4)14(17)8-12-18-17;/h13-14H,5-12H2,1-4H3;1H4/t13-,14-,16?,17+;/m0./s1. The third kappa shape index (κ3) is 1.99. The molecule has 2 aliphatic carbocycles. The van der Waals surface area contributed by atoms with Crippen LogP contribution in [0.1, 0.15) is 80.1 Å². The van der Waals surface area contributed by atoms with E-state index in [2.05, 4.69) is 27.7 Å². The van der Waals surface area contributed by atoms with Gasteiger partial charge in [0.05, 0.1) is 5.60 Å². The van der Waals surface area contributed by atoms with E-state index in [1.165, 1.54) is 44.9 Å². The summed E-state index contributed by atoms with van der Waals surface area (Å²) in [5, 5.41) is 0. The summed E-state index contributed by atoms with van der Waals surface area (Å²) in [4.78, 5) is 0. The zero-order chi connectivity index (χ0) is 13.0. The van der Waals surface area contributed by atoms with Crippen molar-refractivity contribution in [2.45, 2.75) is 85.7 Å². The van der Waals surface area contributed by atoms with Crippen molar-refractivity contribution in [3.8, 4) is 0 Å². The molecular weight excluding hydrogens is 232 g/mol. The summed E-state index contributed by atoms with van der Waals surface area (Å²) in [6.45, 7) is 11.0. The molecule has 1 heteroatoms. The molecule has 112 valence electrons. The lowest BCUT2D eigenvalue weighted by Gasteiger charge is -2.60. The fourth-order valence-corrected chi connectivity index (χ4v) is 6.14. The van der Waals surface area contributed by atoms with Crippen LogP contribution >= 0.6 is 0 Å². The van der Waals surface area contributed by atoms with Gasteiger partial charge in [-0.3, -0.25) is 0 Å². The van der Waals surface area contributed by atoms with E-state index in [1.54, 1.807) is 0 Å². The molecule has 1 unspecified atom stereocenters. The quantitative estimate of drug-likeness (QED) is 0.614. The number of ether oxygens (including phenoxy) is 1. The maximum absolute atomic E-state index is 6.28. The van der Waals surface area contributed by atoms with Gasteiger partial charge in [-0.2, -0.15) is 0 Å². The maximum atomic E-state index is 6.28. The summed E-state index contributed by atoms with van der Waals surface area (Å²) < 4.78 is 6.28. The van der Waals surface area contributed by atoms with Gasteiger partial charge in [-0.15, -0.1) is 0 Å². The molecular formula is C18H34O. The first kappa shape index (κ1) is 15.4.